The molecule has 0 bridgehead atoms. The van der Waals surface area contributed by atoms with Crippen LogP contribution < -0.4 is 5.32 Å². The van der Waals surface area contributed by atoms with Gasteiger partial charge in [0.1, 0.15) is 0 Å². The van der Waals surface area contributed by atoms with Gasteiger partial charge < -0.3 is 15.5 Å². The van der Waals surface area contributed by atoms with Crippen molar-refractivity contribution in [2.45, 2.75) is 6.54 Å². The van der Waals surface area contributed by atoms with Gasteiger partial charge in [-0.25, -0.2) is 4.39 Å². The van der Waals surface area contributed by atoms with Gasteiger partial charge in [-0.2, -0.15) is 0 Å². The Balaban J connectivity index is 3.26. The maximum absolute atomic E-state index is 12.8. The summed E-state index contributed by atoms with van der Waals surface area (Å²) in [6, 6.07) is 1.11. The summed E-state index contributed by atoms with van der Waals surface area (Å²) >= 11 is 3.08. The third-order valence-electron chi connectivity index (χ3n) is 1.63. The Kier molecular flexibility index (Phi) is 3.11. The van der Waals surface area contributed by atoms with Crippen LogP contribution in [0, 0.1) is 5.82 Å². The predicted molar refractivity (Wildman–Crippen MR) is 50.2 cm³/mol. The van der Waals surface area contributed by atoms with Gasteiger partial charge in [-0.05, 0) is 13.1 Å². The SMILES string of the molecule is CNCc1c(Br)cc(F)c(O)c1O. The van der Waals surface area contributed by atoms with Gasteiger partial charge in [0.05, 0.1) is 0 Å². The van der Waals surface area contributed by atoms with E-state index in [9.17, 15) is 9.50 Å². The molecule has 0 unspecified atom stereocenters. The van der Waals surface area contributed by atoms with E-state index < -0.39 is 17.3 Å². The van der Waals surface area contributed by atoms with Crippen molar-refractivity contribution in [1.29, 1.82) is 0 Å². The maximum Gasteiger partial charge on any atom is 0.194 e. The van der Waals surface area contributed by atoms with Crippen LogP contribution >= 0.6 is 15.9 Å². The third-order valence-corrected chi connectivity index (χ3v) is 2.34. The van der Waals surface area contributed by atoms with Gasteiger partial charge >= 0.3 is 0 Å². The van der Waals surface area contributed by atoms with Gasteiger partial charge in [0.15, 0.2) is 17.3 Å². The highest BCUT2D eigenvalue weighted by atomic mass is 79.9. The topological polar surface area (TPSA) is 52.5 Å². The Hall–Kier alpha value is -0.810. The van der Waals surface area contributed by atoms with Crippen LogP contribution in [0.1, 0.15) is 5.56 Å². The molecule has 0 fully saturated rings. The molecular formula is C8H9BrFNO2. The number of aromatic hydroxyl groups is 2. The molecule has 13 heavy (non-hydrogen) atoms. The number of hydrogen-bond donors (Lipinski definition) is 3. The lowest BCUT2D eigenvalue weighted by atomic mass is 10.2. The van der Waals surface area contributed by atoms with Crippen molar-refractivity contribution in [2.75, 3.05) is 7.05 Å². The molecule has 0 aliphatic carbocycles. The fourth-order valence-electron chi connectivity index (χ4n) is 0.981. The van der Waals surface area contributed by atoms with Gasteiger partial charge in [-0.1, -0.05) is 15.9 Å². The molecule has 1 aromatic carbocycles. The fourth-order valence-corrected chi connectivity index (χ4v) is 1.51. The quantitative estimate of drug-likeness (QED) is 0.700. The van der Waals surface area contributed by atoms with Crippen molar-refractivity contribution in [3.8, 4) is 11.5 Å². The summed E-state index contributed by atoms with van der Waals surface area (Å²) in [5.41, 5.74) is 0.432. The molecule has 0 aromatic heterocycles. The van der Waals surface area contributed by atoms with Gasteiger partial charge in [0.2, 0.25) is 0 Å². The first-order valence-corrected chi connectivity index (χ1v) is 4.40. The monoisotopic (exact) mass is 249 g/mol. The molecule has 0 heterocycles. The van der Waals surface area contributed by atoms with Crippen molar-refractivity contribution in [3.05, 3.63) is 21.9 Å². The van der Waals surface area contributed by atoms with Crippen LogP contribution in [0.5, 0.6) is 11.5 Å². The molecule has 0 aliphatic heterocycles. The molecule has 0 aliphatic rings. The van der Waals surface area contributed by atoms with Gasteiger partial charge in [0, 0.05) is 16.6 Å². The number of benzene rings is 1. The first kappa shape index (κ1) is 10.3. The first-order valence-electron chi connectivity index (χ1n) is 3.61. The molecule has 3 N–H and O–H groups in total. The largest absolute Gasteiger partial charge is 0.504 e. The summed E-state index contributed by atoms with van der Waals surface area (Å²) < 4.78 is 13.2. The van der Waals surface area contributed by atoms with E-state index in [-0.39, 0.29) is 0 Å². The molecule has 3 nitrogen and oxygen atoms in total. The molecule has 0 radical (unpaired) electrons. The van der Waals surface area contributed by atoms with Crippen molar-refractivity contribution in [2.24, 2.45) is 0 Å². The summed E-state index contributed by atoms with van der Waals surface area (Å²) in [5.74, 6) is -1.99. The average molecular weight is 250 g/mol. The van der Waals surface area contributed by atoms with E-state index in [1.165, 1.54) is 0 Å². The molecule has 0 atom stereocenters. The molecule has 1 aromatic rings. The van der Waals surface area contributed by atoms with E-state index in [0.29, 0.717) is 16.6 Å². The van der Waals surface area contributed by atoms with Crippen LogP contribution in [0.3, 0.4) is 0 Å². The second-order valence-electron chi connectivity index (χ2n) is 2.55. The number of halogens is 2. The smallest absolute Gasteiger partial charge is 0.194 e. The average Bonchev–Trinajstić information content (AvgIpc) is 2.09. The van der Waals surface area contributed by atoms with E-state index in [0.717, 1.165) is 6.07 Å². The van der Waals surface area contributed by atoms with Crippen molar-refractivity contribution >= 4 is 15.9 Å². The summed E-state index contributed by atoms with van der Waals surface area (Å²) in [6.45, 7) is 0.347. The Morgan fingerprint density at radius 2 is 2.08 bits per heavy atom. The summed E-state index contributed by atoms with van der Waals surface area (Å²) in [5, 5.41) is 21.2. The molecule has 1 rings (SSSR count). The lowest BCUT2D eigenvalue weighted by Crippen LogP contribution is -2.06. The summed E-state index contributed by atoms with van der Waals surface area (Å²) in [4.78, 5) is 0. The lowest BCUT2D eigenvalue weighted by Gasteiger charge is -2.08. The Bertz CT molecular complexity index is 330. The molecule has 5 heteroatoms. The Morgan fingerprint density at radius 3 is 2.62 bits per heavy atom. The number of phenols is 2. The van der Waals surface area contributed by atoms with Crippen molar-refractivity contribution in [3.63, 3.8) is 0 Å². The van der Waals surface area contributed by atoms with E-state index in [1.54, 1.807) is 7.05 Å². The number of rotatable bonds is 2. The van der Waals surface area contributed by atoms with E-state index in [2.05, 4.69) is 21.2 Å². The Labute approximate surface area is 83.3 Å². The second-order valence-corrected chi connectivity index (χ2v) is 3.40. The molecular weight excluding hydrogens is 241 g/mol. The standard InChI is InChI=1S/C8H9BrFNO2/c1-11-3-4-5(9)2-6(10)8(13)7(4)12/h2,11-13H,3H2,1H3. The van der Waals surface area contributed by atoms with Gasteiger partial charge in [-0.3, -0.25) is 0 Å². The van der Waals surface area contributed by atoms with Crippen molar-refractivity contribution in [1.82, 2.24) is 5.32 Å². The van der Waals surface area contributed by atoms with E-state index >= 15 is 0 Å². The number of hydrogen-bond acceptors (Lipinski definition) is 3. The van der Waals surface area contributed by atoms with Crippen LogP contribution in [0.15, 0.2) is 10.5 Å². The van der Waals surface area contributed by atoms with E-state index in [1.807, 2.05) is 0 Å². The summed E-state index contributed by atoms with van der Waals surface area (Å²) in [6.07, 6.45) is 0. The van der Waals surface area contributed by atoms with Crippen LogP contribution in [0.2, 0.25) is 0 Å². The minimum absolute atomic E-state index is 0.347. The van der Waals surface area contributed by atoms with Crippen LogP contribution in [-0.4, -0.2) is 17.3 Å². The highest BCUT2D eigenvalue weighted by Crippen LogP contribution is 2.36. The minimum Gasteiger partial charge on any atom is -0.504 e. The zero-order valence-corrected chi connectivity index (χ0v) is 8.52. The van der Waals surface area contributed by atoms with Gasteiger partial charge in [-0.15, -0.1) is 0 Å². The molecule has 0 saturated carbocycles. The number of phenolic OH excluding ortho intramolecular Hbond substituents is 2. The molecule has 0 spiro atoms. The molecule has 72 valence electrons. The van der Waals surface area contributed by atoms with Gasteiger partial charge in [0.25, 0.3) is 0 Å². The molecule has 0 saturated heterocycles. The summed E-state index contributed by atoms with van der Waals surface area (Å²) in [7, 11) is 1.69. The lowest BCUT2D eigenvalue weighted by molar-refractivity contribution is 0.374. The Morgan fingerprint density at radius 1 is 1.46 bits per heavy atom. The minimum atomic E-state index is -0.843. The number of nitrogens with one attached hydrogen (secondary N) is 1. The van der Waals surface area contributed by atoms with Crippen LogP contribution in [0.4, 0.5) is 4.39 Å². The normalized spacial score (nSPS) is 10.4. The zero-order chi connectivity index (χ0) is 10.0. The van der Waals surface area contributed by atoms with E-state index in [4.69, 9.17) is 5.11 Å². The maximum atomic E-state index is 12.8. The molecule has 0 amide bonds. The fraction of sp³-hybridized carbons (Fsp3) is 0.250. The van der Waals surface area contributed by atoms with Crippen LogP contribution in [-0.2, 0) is 6.54 Å². The predicted octanol–water partition coefficient (Wildman–Crippen LogP) is 1.72. The second kappa shape index (κ2) is 3.93. The first-order chi connectivity index (χ1) is 6.07. The zero-order valence-electron chi connectivity index (χ0n) is 6.93. The van der Waals surface area contributed by atoms with Crippen LogP contribution in [0.25, 0.3) is 0 Å². The van der Waals surface area contributed by atoms with Crippen molar-refractivity contribution < 1.29 is 14.6 Å². The third kappa shape index (κ3) is 1.92. The highest BCUT2D eigenvalue weighted by molar-refractivity contribution is 9.10. The highest BCUT2D eigenvalue weighted by Gasteiger charge is 2.14.